The first kappa shape index (κ1) is 19.7. The molecule has 9 heteroatoms. The largest absolute Gasteiger partial charge is 0.338 e. The van der Waals surface area contributed by atoms with Crippen molar-refractivity contribution in [1.82, 2.24) is 24.9 Å². The zero-order valence-corrected chi connectivity index (χ0v) is 18.1. The molecule has 1 unspecified atom stereocenters. The quantitative estimate of drug-likeness (QED) is 0.435. The molecule has 0 aliphatic heterocycles. The number of thioether (sulfide) groups is 1. The molecule has 2 heterocycles. The molecule has 0 bridgehead atoms. The molecule has 1 atom stereocenters. The molecule has 1 saturated carbocycles. The fourth-order valence-electron chi connectivity index (χ4n) is 3.57. The Labute approximate surface area is 178 Å². The summed E-state index contributed by atoms with van der Waals surface area (Å²) in [5, 5.41) is 14.9. The monoisotopic (exact) mass is 437 g/mol. The van der Waals surface area contributed by atoms with Crippen molar-refractivity contribution in [1.29, 1.82) is 0 Å². The Morgan fingerprint density at radius 1 is 1.18 bits per heavy atom. The van der Waals surface area contributed by atoms with Crippen LogP contribution in [0.2, 0.25) is 10.0 Å². The summed E-state index contributed by atoms with van der Waals surface area (Å²) in [6.07, 6.45) is 5.91. The van der Waals surface area contributed by atoms with Crippen LogP contribution in [0.25, 0.3) is 11.4 Å². The first-order valence-corrected chi connectivity index (χ1v) is 11.0. The maximum absolute atomic E-state index is 6.48. The Hall–Kier alpha value is -1.57. The second-order valence-corrected chi connectivity index (χ2v) is 9.18. The van der Waals surface area contributed by atoms with Crippen molar-refractivity contribution in [2.24, 2.45) is 0 Å². The smallest absolute Gasteiger partial charge is 0.239 e. The van der Waals surface area contributed by atoms with Gasteiger partial charge in [-0.05, 0) is 44.9 Å². The van der Waals surface area contributed by atoms with E-state index in [-0.39, 0.29) is 5.25 Å². The van der Waals surface area contributed by atoms with Crippen molar-refractivity contribution in [2.75, 3.05) is 0 Å². The van der Waals surface area contributed by atoms with E-state index in [4.69, 9.17) is 27.7 Å². The summed E-state index contributed by atoms with van der Waals surface area (Å²) in [7, 11) is 0. The molecule has 4 rings (SSSR count). The Balaban J connectivity index is 1.72. The lowest BCUT2D eigenvalue weighted by atomic mass is 9.95. The van der Waals surface area contributed by atoms with Crippen molar-refractivity contribution in [3.63, 3.8) is 0 Å². The highest BCUT2D eigenvalue weighted by molar-refractivity contribution is 7.99. The SMILES string of the molecule is Cc1noc(C(C)Sc2nnc(-c3ccc(Cl)cc3Cl)n2C2CCCCC2)n1. The zero-order chi connectivity index (χ0) is 19.7. The zero-order valence-electron chi connectivity index (χ0n) is 15.7. The number of nitrogens with zero attached hydrogens (tertiary/aromatic N) is 5. The summed E-state index contributed by atoms with van der Waals surface area (Å²) < 4.78 is 7.57. The van der Waals surface area contributed by atoms with Crippen LogP contribution in [0.15, 0.2) is 27.9 Å². The number of halogens is 2. The van der Waals surface area contributed by atoms with Crippen LogP contribution in [0.1, 0.15) is 62.0 Å². The lowest BCUT2D eigenvalue weighted by molar-refractivity contribution is 0.338. The number of hydrogen-bond donors (Lipinski definition) is 0. The Morgan fingerprint density at radius 3 is 2.64 bits per heavy atom. The Kier molecular flexibility index (Phi) is 5.94. The van der Waals surface area contributed by atoms with Crippen molar-refractivity contribution < 1.29 is 4.52 Å². The van der Waals surface area contributed by atoms with E-state index in [0.717, 1.165) is 29.4 Å². The number of aromatic nitrogens is 5. The predicted octanol–water partition coefficient (Wildman–Crippen LogP) is 6.30. The molecule has 6 nitrogen and oxygen atoms in total. The number of rotatable bonds is 5. The van der Waals surface area contributed by atoms with Gasteiger partial charge in [0.15, 0.2) is 16.8 Å². The molecule has 0 saturated heterocycles. The van der Waals surface area contributed by atoms with Crippen LogP contribution in [-0.4, -0.2) is 24.9 Å². The lowest BCUT2D eigenvalue weighted by Gasteiger charge is -2.26. The highest BCUT2D eigenvalue weighted by Crippen LogP contribution is 2.41. The van der Waals surface area contributed by atoms with Crippen LogP contribution in [0, 0.1) is 6.92 Å². The highest BCUT2D eigenvalue weighted by Gasteiger charge is 2.27. The van der Waals surface area contributed by atoms with Gasteiger partial charge in [0.2, 0.25) is 5.89 Å². The first-order valence-electron chi connectivity index (χ1n) is 9.40. The second-order valence-electron chi connectivity index (χ2n) is 7.03. The molecule has 28 heavy (non-hydrogen) atoms. The van der Waals surface area contributed by atoms with Gasteiger partial charge in [-0.15, -0.1) is 10.2 Å². The minimum absolute atomic E-state index is 0.0266. The van der Waals surface area contributed by atoms with Gasteiger partial charge in [0.1, 0.15) is 0 Å². The van der Waals surface area contributed by atoms with E-state index < -0.39 is 0 Å². The van der Waals surface area contributed by atoms with Gasteiger partial charge in [0.05, 0.1) is 10.3 Å². The molecule has 148 valence electrons. The molecule has 0 N–H and O–H groups in total. The van der Waals surface area contributed by atoms with Gasteiger partial charge in [-0.1, -0.05) is 59.4 Å². The van der Waals surface area contributed by atoms with E-state index in [1.165, 1.54) is 19.3 Å². The first-order chi connectivity index (χ1) is 13.5. The third-order valence-electron chi connectivity index (χ3n) is 4.95. The third-order valence-corrected chi connectivity index (χ3v) is 6.54. The van der Waals surface area contributed by atoms with Crippen LogP contribution in [0.3, 0.4) is 0 Å². The van der Waals surface area contributed by atoms with Crippen LogP contribution in [-0.2, 0) is 0 Å². The maximum atomic E-state index is 6.48. The summed E-state index contributed by atoms with van der Waals surface area (Å²) >= 11 is 14.1. The average molecular weight is 438 g/mol. The molecule has 1 fully saturated rings. The standard InChI is InChI=1S/C19H21Cl2N5OS/c1-11(18-22-12(2)25-27-18)28-19-24-23-17(15-9-8-13(20)10-16(15)21)26(19)14-6-4-3-5-7-14/h8-11,14H,3-7H2,1-2H3. The van der Waals surface area contributed by atoms with Crippen molar-refractivity contribution in [3.05, 3.63) is 40.0 Å². The summed E-state index contributed by atoms with van der Waals surface area (Å²) in [6, 6.07) is 5.84. The van der Waals surface area contributed by atoms with Crippen molar-refractivity contribution in [2.45, 2.75) is 62.4 Å². The van der Waals surface area contributed by atoms with E-state index in [1.54, 1.807) is 17.8 Å². The second kappa shape index (κ2) is 8.43. The van der Waals surface area contributed by atoms with Gasteiger partial charge in [-0.3, -0.25) is 4.57 Å². The fraction of sp³-hybridized carbons (Fsp3) is 0.474. The van der Waals surface area contributed by atoms with Gasteiger partial charge in [-0.2, -0.15) is 4.98 Å². The van der Waals surface area contributed by atoms with Gasteiger partial charge in [0.25, 0.3) is 0 Å². The normalized spacial score (nSPS) is 16.4. The summed E-state index contributed by atoms with van der Waals surface area (Å²) in [4.78, 5) is 4.35. The van der Waals surface area contributed by atoms with Crippen molar-refractivity contribution in [3.8, 4) is 11.4 Å². The predicted molar refractivity (Wildman–Crippen MR) is 111 cm³/mol. The number of aryl methyl sites for hydroxylation is 1. The molecule has 1 aliphatic carbocycles. The number of benzene rings is 1. The van der Waals surface area contributed by atoms with Crippen LogP contribution >= 0.6 is 35.0 Å². The third kappa shape index (κ3) is 4.07. The molecule has 0 amide bonds. The topological polar surface area (TPSA) is 69.6 Å². The van der Waals surface area contributed by atoms with E-state index >= 15 is 0 Å². The van der Waals surface area contributed by atoms with Gasteiger partial charge >= 0.3 is 0 Å². The molecular formula is C19H21Cl2N5OS. The molecular weight excluding hydrogens is 417 g/mol. The maximum Gasteiger partial charge on any atom is 0.239 e. The van der Waals surface area contributed by atoms with Crippen LogP contribution in [0.4, 0.5) is 0 Å². The van der Waals surface area contributed by atoms with Crippen molar-refractivity contribution >= 4 is 35.0 Å². The van der Waals surface area contributed by atoms with E-state index in [0.29, 0.717) is 27.8 Å². The van der Waals surface area contributed by atoms with Gasteiger partial charge < -0.3 is 4.52 Å². The highest BCUT2D eigenvalue weighted by atomic mass is 35.5. The number of hydrogen-bond acceptors (Lipinski definition) is 6. The minimum Gasteiger partial charge on any atom is -0.338 e. The minimum atomic E-state index is -0.0266. The molecule has 0 spiro atoms. The molecule has 1 aromatic carbocycles. The lowest BCUT2D eigenvalue weighted by Crippen LogP contribution is -2.15. The molecule has 1 aliphatic rings. The summed E-state index contributed by atoms with van der Waals surface area (Å²) in [6.45, 7) is 3.85. The summed E-state index contributed by atoms with van der Waals surface area (Å²) in [5.41, 5.74) is 0.845. The molecule has 3 aromatic rings. The van der Waals surface area contributed by atoms with E-state index in [2.05, 4.69) is 24.9 Å². The Bertz CT molecular complexity index is 967. The Morgan fingerprint density at radius 2 is 1.96 bits per heavy atom. The van der Waals surface area contributed by atoms with Gasteiger partial charge in [-0.25, -0.2) is 0 Å². The fourth-order valence-corrected chi connectivity index (χ4v) is 5.01. The summed E-state index contributed by atoms with van der Waals surface area (Å²) in [5.74, 6) is 2.00. The molecule has 2 aromatic heterocycles. The van der Waals surface area contributed by atoms with Gasteiger partial charge in [0, 0.05) is 16.6 Å². The molecule has 0 radical (unpaired) electrons. The van der Waals surface area contributed by atoms with E-state index in [9.17, 15) is 0 Å². The van der Waals surface area contributed by atoms with Crippen LogP contribution in [0.5, 0.6) is 0 Å². The average Bonchev–Trinajstić information content (AvgIpc) is 3.29. The van der Waals surface area contributed by atoms with E-state index in [1.807, 2.05) is 26.0 Å². The van der Waals surface area contributed by atoms with Crippen LogP contribution < -0.4 is 0 Å².